The number of amides is 2. The van der Waals surface area contributed by atoms with Gasteiger partial charge in [0.15, 0.2) is 0 Å². The molecule has 0 saturated carbocycles. The van der Waals surface area contributed by atoms with Crippen LogP contribution < -0.4 is 10.6 Å². The molecular formula is C24H24N4O4S. The number of nitrogens with zero attached hydrogens (tertiary/aromatic N) is 2. The second kappa shape index (κ2) is 9.93. The molecule has 0 unspecified atom stereocenters. The molecular weight excluding hydrogens is 440 g/mol. The number of hydrogen-bond donors (Lipinski definition) is 2. The Balaban J connectivity index is 1.47. The van der Waals surface area contributed by atoms with Crippen LogP contribution in [0.4, 0.5) is 11.4 Å². The highest BCUT2D eigenvalue weighted by molar-refractivity contribution is 7.89. The van der Waals surface area contributed by atoms with Gasteiger partial charge in [-0.25, -0.2) is 8.42 Å². The molecule has 0 aliphatic carbocycles. The highest BCUT2D eigenvalue weighted by Gasteiger charge is 2.26. The van der Waals surface area contributed by atoms with Crippen molar-refractivity contribution in [2.75, 3.05) is 23.7 Å². The molecule has 3 aromatic rings. The van der Waals surface area contributed by atoms with E-state index in [9.17, 15) is 18.0 Å². The average molecular weight is 465 g/mol. The van der Waals surface area contributed by atoms with Crippen molar-refractivity contribution in [1.82, 2.24) is 9.29 Å². The van der Waals surface area contributed by atoms with E-state index in [1.807, 2.05) is 0 Å². The number of carbonyl (C=O) groups excluding carboxylic acids is 2. The van der Waals surface area contributed by atoms with Crippen LogP contribution in [0.3, 0.4) is 0 Å². The van der Waals surface area contributed by atoms with Crippen LogP contribution >= 0.6 is 0 Å². The van der Waals surface area contributed by atoms with Crippen LogP contribution in [0, 0.1) is 0 Å². The van der Waals surface area contributed by atoms with Crippen LogP contribution in [0.15, 0.2) is 78.0 Å². The zero-order chi connectivity index (χ0) is 23.3. The summed E-state index contributed by atoms with van der Waals surface area (Å²) in [6.07, 6.45) is 5.77. The van der Waals surface area contributed by atoms with Crippen LogP contribution in [0.2, 0.25) is 0 Å². The highest BCUT2D eigenvalue weighted by atomic mass is 32.2. The Morgan fingerprint density at radius 2 is 1.42 bits per heavy atom. The summed E-state index contributed by atoms with van der Waals surface area (Å²) in [6.45, 7) is 1.02. The molecule has 0 atom stereocenters. The highest BCUT2D eigenvalue weighted by Crippen LogP contribution is 2.23. The van der Waals surface area contributed by atoms with Gasteiger partial charge in [0.1, 0.15) is 0 Å². The Morgan fingerprint density at radius 3 is 2.12 bits per heavy atom. The first kappa shape index (κ1) is 22.6. The monoisotopic (exact) mass is 464 g/mol. The van der Waals surface area contributed by atoms with E-state index in [0.717, 1.165) is 19.3 Å². The summed E-state index contributed by atoms with van der Waals surface area (Å²) < 4.78 is 27.3. The van der Waals surface area contributed by atoms with Gasteiger partial charge in [-0.3, -0.25) is 14.6 Å². The quantitative estimate of drug-likeness (QED) is 0.577. The van der Waals surface area contributed by atoms with E-state index in [1.165, 1.54) is 22.6 Å². The van der Waals surface area contributed by atoms with Gasteiger partial charge in [-0.2, -0.15) is 4.31 Å². The summed E-state index contributed by atoms with van der Waals surface area (Å²) in [5, 5.41) is 5.48. The van der Waals surface area contributed by atoms with Crippen LogP contribution in [-0.2, 0) is 10.0 Å². The van der Waals surface area contributed by atoms with Crippen molar-refractivity contribution in [2.45, 2.75) is 24.2 Å². The molecule has 1 aliphatic heterocycles. The predicted octanol–water partition coefficient (Wildman–Crippen LogP) is 3.76. The summed E-state index contributed by atoms with van der Waals surface area (Å²) in [7, 11) is -3.60. The molecule has 1 aromatic heterocycles. The topological polar surface area (TPSA) is 108 Å². The third-order valence-corrected chi connectivity index (χ3v) is 7.25. The van der Waals surface area contributed by atoms with Gasteiger partial charge >= 0.3 is 0 Å². The third kappa shape index (κ3) is 5.44. The molecule has 8 nitrogen and oxygen atoms in total. The van der Waals surface area contributed by atoms with Gasteiger partial charge in [-0.15, -0.1) is 0 Å². The molecule has 2 N–H and O–H groups in total. The maximum atomic E-state index is 12.9. The lowest BCUT2D eigenvalue weighted by Gasteiger charge is -2.26. The fourth-order valence-electron chi connectivity index (χ4n) is 3.63. The molecule has 33 heavy (non-hydrogen) atoms. The first-order chi connectivity index (χ1) is 15.9. The number of carbonyl (C=O) groups is 2. The molecule has 170 valence electrons. The zero-order valence-corrected chi connectivity index (χ0v) is 18.7. The van der Waals surface area contributed by atoms with E-state index in [0.29, 0.717) is 35.6 Å². The summed E-state index contributed by atoms with van der Waals surface area (Å²) in [4.78, 5) is 29.2. The SMILES string of the molecule is O=C(Nc1cccc(C(=O)Nc2cccc(S(=O)(=O)N3CCCCC3)c2)c1)c1cccnc1. The van der Waals surface area contributed by atoms with Gasteiger partial charge in [-0.1, -0.05) is 18.6 Å². The van der Waals surface area contributed by atoms with Crippen molar-refractivity contribution in [3.63, 3.8) is 0 Å². The second-order valence-corrected chi connectivity index (χ2v) is 9.66. The molecule has 2 amide bonds. The van der Waals surface area contributed by atoms with Crippen molar-refractivity contribution < 1.29 is 18.0 Å². The molecule has 0 radical (unpaired) electrons. The number of anilines is 2. The normalized spacial score (nSPS) is 14.4. The Hall–Kier alpha value is -3.56. The lowest BCUT2D eigenvalue weighted by molar-refractivity contribution is 0.101. The Kier molecular flexibility index (Phi) is 6.81. The number of piperidine rings is 1. The summed E-state index contributed by atoms with van der Waals surface area (Å²) >= 11 is 0. The molecule has 4 rings (SSSR count). The molecule has 0 bridgehead atoms. The largest absolute Gasteiger partial charge is 0.322 e. The van der Waals surface area contributed by atoms with Gasteiger partial charge < -0.3 is 10.6 Å². The number of rotatable bonds is 6. The number of nitrogens with one attached hydrogen (secondary N) is 2. The van der Waals surface area contributed by atoms with Crippen LogP contribution in [0.5, 0.6) is 0 Å². The minimum Gasteiger partial charge on any atom is -0.322 e. The average Bonchev–Trinajstić information content (AvgIpc) is 2.85. The second-order valence-electron chi connectivity index (χ2n) is 7.72. The van der Waals surface area contributed by atoms with Crippen LogP contribution in [0.25, 0.3) is 0 Å². The van der Waals surface area contributed by atoms with Gasteiger partial charge in [0.2, 0.25) is 10.0 Å². The van der Waals surface area contributed by atoms with Crippen LogP contribution in [0.1, 0.15) is 40.0 Å². The van der Waals surface area contributed by atoms with Crippen molar-refractivity contribution in [3.05, 3.63) is 84.2 Å². The van der Waals surface area contributed by atoms with Crippen molar-refractivity contribution in [1.29, 1.82) is 0 Å². The molecule has 0 spiro atoms. The smallest absolute Gasteiger partial charge is 0.257 e. The predicted molar refractivity (Wildman–Crippen MR) is 126 cm³/mol. The molecule has 2 aromatic carbocycles. The Morgan fingerprint density at radius 1 is 0.788 bits per heavy atom. The summed E-state index contributed by atoms with van der Waals surface area (Å²) in [5.74, 6) is -0.753. The first-order valence-corrected chi connectivity index (χ1v) is 12.1. The van der Waals surface area contributed by atoms with E-state index in [-0.39, 0.29) is 10.8 Å². The van der Waals surface area contributed by atoms with E-state index in [1.54, 1.807) is 54.7 Å². The molecule has 1 fully saturated rings. The van der Waals surface area contributed by atoms with Crippen LogP contribution in [-0.4, -0.2) is 42.6 Å². The lowest BCUT2D eigenvalue weighted by Crippen LogP contribution is -2.35. The molecule has 2 heterocycles. The van der Waals surface area contributed by atoms with E-state index >= 15 is 0 Å². The van der Waals surface area contributed by atoms with E-state index in [4.69, 9.17) is 0 Å². The number of benzene rings is 2. The van der Waals surface area contributed by atoms with Crippen molar-refractivity contribution in [3.8, 4) is 0 Å². The lowest BCUT2D eigenvalue weighted by atomic mass is 10.1. The zero-order valence-electron chi connectivity index (χ0n) is 17.9. The third-order valence-electron chi connectivity index (χ3n) is 5.35. The maximum Gasteiger partial charge on any atom is 0.257 e. The molecule has 1 aliphatic rings. The van der Waals surface area contributed by atoms with Gasteiger partial charge in [-0.05, 0) is 61.4 Å². The minimum atomic E-state index is -3.60. The van der Waals surface area contributed by atoms with Gasteiger partial charge in [0, 0.05) is 42.4 Å². The van der Waals surface area contributed by atoms with Crippen molar-refractivity contribution in [2.24, 2.45) is 0 Å². The summed E-state index contributed by atoms with van der Waals surface area (Å²) in [5.41, 5.74) is 1.56. The maximum absolute atomic E-state index is 12.9. The first-order valence-electron chi connectivity index (χ1n) is 10.7. The molecule has 9 heteroatoms. The number of pyridine rings is 1. The van der Waals surface area contributed by atoms with E-state index in [2.05, 4.69) is 15.6 Å². The number of hydrogen-bond acceptors (Lipinski definition) is 5. The molecule has 1 saturated heterocycles. The van der Waals surface area contributed by atoms with Crippen molar-refractivity contribution >= 4 is 33.2 Å². The minimum absolute atomic E-state index is 0.152. The fraction of sp³-hybridized carbons (Fsp3) is 0.208. The Bertz CT molecular complexity index is 1260. The van der Waals surface area contributed by atoms with Gasteiger partial charge in [0.25, 0.3) is 11.8 Å². The summed E-state index contributed by atoms with van der Waals surface area (Å²) in [6, 6.07) is 16.1. The van der Waals surface area contributed by atoms with Gasteiger partial charge in [0.05, 0.1) is 10.5 Å². The number of sulfonamides is 1. The number of aromatic nitrogens is 1. The standard InChI is InChI=1S/C24H24N4O4S/c29-23(18-7-4-9-20(15-18)26-24(30)19-8-6-12-25-17-19)27-21-10-5-11-22(16-21)33(31,32)28-13-2-1-3-14-28/h4-12,15-17H,1-3,13-14H2,(H,26,30)(H,27,29). The Labute approximate surface area is 192 Å². The van der Waals surface area contributed by atoms with E-state index < -0.39 is 15.9 Å². The fourth-order valence-corrected chi connectivity index (χ4v) is 5.19.